The molecule has 0 N–H and O–H groups in total. The molecule has 0 saturated carbocycles. The molecule has 1 aromatic heterocycles. The summed E-state index contributed by atoms with van der Waals surface area (Å²) < 4.78 is 15.0. The second-order valence-corrected chi connectivity index (χ2v) is 8.80. The minimum absolute atomic E-state index is 0.0435. The Labute approximate surface area is 173 Å². The predicted octanol–water partition coefficient (Wildman–Crippen LogP) is 5.95. The lowest BCUT2D eigenvalue weighted by Crippen LogP contribution is -2.16. The van der Waals surface area contributed by atoms with Crippen LogP contribution in [-0.4, -0.2) is 14.7 Å². The van der Waals surface area contributed by atoms with Gasteiger partial charge < -0.3 is 0 Å². The van der Waals surface area contributed by atoms with Gasteiger partial charge in [0.2, 0.25) is 5.91 Å². The van der Waals surface area contributed by atoms with E-state index in [0.29, 0.717) is 16.3 Å². The molecule has 1 heterocycles. The Bertz CT molecular complexity index is 1180. The zero-order valence-electron chi connectivity index (χ0n) is 16.5. The van der Waals surface area contributed by atoms with E-state index >= 15 is 0 Å². The highest BCUT2D eigenvalue weighted by Crippen LogP contribution is 2.28. The van der Waals surface area contributed by atoms with Gasteiger partial charge in [-0.2, -0.15) is 0 Å². The second-order valence-electron chi connectivity index (χ2n) is 7.37. The van der Waals surface area contributed by atoms with Crippen molar-refractivity contribution >= 4 is 27.6 Å². The van der Waals surface area contributed by atoms with Crippen LogP contribution in [0.25, 0.3) is 10.9 Å². The van der Waals surface area contributed by atoms with Gasteiger partial charge in [0, 0.05) is 16.7 Å². The second kappa shape index (κ2) is 8.18. The van der Waals surface area contributed by atoms with Crippen molar-refractivity contribution in [3.63, 3.8) is 0 Å². The third kappa shape index (κ3) is 3.94. The molecule has 0 fully saturated rings. The summed E-state index contributed by atoms with van der Waals surface area (Å²) in [6.07, 6.45) is 0.348. The smallest absolute Gasteiger partial charge is 0.232 e. The van der Waals surface area contributed by atoms with Gasteiger partial charge in [0.25, 0.3) is 0 Å². The van der Waals surface area contributed by atoms with Crippen molar-refractivity contribution in [2.45, 2.75) is 36.1 Å². The molecule has 2 atom stereocenters. The molecule has 0 aliphatic rings. The van der Waals surface area contributed by atoms with Crippen LogP contribution >= 0.6 is 0 Å². The Morgan fingerprint density at radius 1 is 0.931 bits per heavy atom. The lowest BCUT2D eigenvalue weighted by atomic mass is 9.97. The highest BCUT2D eigenvalue weighted by Gasteiger charge is 2.22. The predicted molar refractivity (Wildman–Crippen MR) is 118 cm³/mol. The molecule has 0 radical (unpaired) electrons. The molecule has 0 aliphatic heterocycles. The Morgan fingerprint density at radius 2 is 1.59 bits per heavy atom. The summed E-state index contributed by atoms with van der Waals surface area (Å²) >= 11 is 0. The summed E-state index contributed by atoms with van der Waals surface area (Å²) in [5.74, 6) is 0.0311. The number of fused-ring (bicyclic) bond motifs is 1. The monoisotopic (exact) mass is 401 g/mol. The molecule has 3 aromatic carbocycles. The molecular formula is C25H23NO2S. The molecule has 29 heavy (non-hydrogen) atoms. The van der Waals surface area contributed by atoms with Gasteiger partial charge in [-0.05, 0) is 42.7 Å². The number of hydrogen-bond donors (Lipinski definition) is 0. The lowest BCUT2D eigenvalue weighted by Gasteiger charge is -2.14. The third-order valence-corrected chi connectivity index (χ3v) is 6.58. The summed E-state index contributed by atoms with van der Waals surface area (Å²) in [5.41, 5.74) is 3.03. The minimum Gasteiger partial charge on any atom is -0.274 e. The van der Waals surface area contributed by atoms with Crippen LogP contribution in [0.15, 0.2) is 94.9 Å². The van der Waals surface area contributed by atoms with Crippen LogP contribution in [-0.2, 0) is 10.8 Å². The number of rotatable bonds is 5. The summed E-state index contributed by atoms with van der Waals surface area (Å²) in [6.45, 7) is 4.05. The number of carbonyl (C=O) groups excluding carboxylic acids is 1. The van der Waals surface area contributed by atoms with Gasteiger partial charge in [0.1, 0.15) is 15.8 Å². The SMILES string of the molecule is Cc1ccc([S@](=O)c2cc3ccccc3n2C(=O)C[C@H](C)c2ccccc2)cc1. The maximum Gasteiger partial charge on any atom is 0.232 e. The summed E-state index contributed by atoms with van der Waals surface area (Å²) in [4.78, 5) is 14.0. The van der Waals surface area contributed by atoms with Gasteiger partial charge in [0.15, 0.2) is 0 Å². The Hall–Kier alpha value is -2.98. The van der Waals surface area contributed by atoms with Crippen molar-refractivity contribution in [1.82, 2.24) is 4.57 Å². The number of para-hydroxylation sites is 1. The minimum atomic E-state index is -1.44. The van der Waals surface area contributed by atoms with Gasteiger partial charge in [-0.3, -0.25) is 9.36 Å². The first-order chi connectivity index (χ1) is 14.0. The van der Waals surface area contributed by atoms with Crippen LogP contribution in [0.3, 0.4) is 0 Å². The Morgan fingerprint density at radius 3 is 2.31 bits per heavy atom. The van der Waals surface area contributed by atoms with Gasteiger partial charge in [-0.1, -0.05) is 73.2 Å². The van der Waals surface area contributed by atoms with Crippen molar-refractivity contribution in [1.29, 1.82) is 0 Å². The van der Waals surface area contributed by atoms with E-state index in [1.54, 1.807) is 4.57 Å². The zero-order chi connectivity index (χ0) is 20.4. The van der Waals surface area contributed by atoms with E-state index in [2.05, 4.69) is 6.92 Å². The van der Waals surface area contributed by atoms with E-state index in [1.165, 1.54) is 0 Å². The van der Waals surface area contributed by atoms with Crippen LogP contribution in [0.1, 0.15) is 35.2 Å². The number of carbonyl (C=O) groups is 1. The highest BCUT2D eigenvalue weighted by molar-refractivity contribution is 7.85. The van der Waals surface area contributed by atoms with Crippen LogP contribution in [0.2, 0.25) is 0 Å². The van der Waals surface area contributed by atoms with Crippen molar-refractivity contribution in [2.75, 3.05) is 0 Å². The first-order valence-electron chi connectivity index (χ1n) is 9.71. The van der Waals surface area contributed by atoms with Crippen molar-refractivity contribution < 1.29 is 9.00 Å². The molecule has 4 aromatic rings. The maximum atomic E-state index is 13.3. The topological polar surface area (TPSA) is 39.1 Å². The fourth-order valence-electron chi connectivity index (χ4n) is 3.56. The van der Waals surface area contributed by atoms with E-state index < -0.39 is 10.8 Å². The standard InChI is InChI=1S/C25H23NO2S/c1-18-12-14-22(15-13-18)29(28)25-17-21-10-6-7-11-23(21)26(25)24(27)16-19(2)20-8-4-3-5-9-20/h3-15,17,19H,16H2,1-2H3/t19-,29-/m0/s1. The normalized spacial score (nSPS) is 13.3. The lowest BCUT2D eigenvalue weighted by molar-refractivity contribution is 0.0891. The number of aromatic nitrogens is 1. The number of aryl methyl sites for hydroxylation is 1. The van der Waals surface area contributed by atoms with E-state index in [0.717, 1.165) is 22.0 Å². The zero-order valence-corrected chi connectivity index (χ0v) is 17.4. The molecule has 0 spiro atoms. The number of hydrogen-bond acceptors (Lipinski definition) is 2. The Balaban J connectivity index is 1.74. The van der Waals surface area contributed by atoms with E-state index in [4.69, 9.17) is 0 Å². The van der Waals surface area contributed by atoms with E-state index in [-0.39, 0.29) is 11.8 Å². The van der Waals surface area contributed by atoms with Gasteiger partial charge >= 0.3 is 0 Å². The maximum absolute atomic E-state index is 13.3. The average Bonchev–Trinajstić information content (AvgIpc) is 3.14. The van der Waals surface area contributed by atoms with Crippen molar-refractivity contribution in [3.05, 3.63) is 96.1 Å². The van der Waals surface area contributed by atoms with Crippen molar-refractivity contribution in [2.24, 2.45) is 0 Å². The molecule has 0 aliphatic carbocycles. The summed E-state index contributed by atoms with van der Waals surface area (Å²) in [7, 11) is -1.44. The van der Waals surface area contributed by atoms with Crippen molar-refractivity contribution in [3.8, 4) is 0 Å². The first kappa shape index (κ1) is 19.3. The molecule has 0 unspecified atom stereocenters. The largest absolute Gasteiger partial charge is 0.274 e. The summed E-state index contributed by atoms with van der Waals surface area (Å²) in [6, 6.07) is 27.2. The quantitative estimate of drug-likeness (QED) is 0.414. The third-order valence-electron chi connectivity index (χ3n) is 5.20. The van der Waals surface area contributed by atoms with E-state index in [9.17, 15) is 9.00 Å². The molecule has 0 saturated heterocycles. The molecule has 0 bridgehead atoms. The number of benzene rings is 3. The molecule has 146 valence electrons. The molecular weight excluding hydrogens is 378 g/mol. The average molecular weight is 402 g/mol. The Kier molecular flexibility index (Phi) is 5.45. The van der Waals surface area contributed by atoms with E-state index in [1.807, 2.05) is 91.9 Å². The molecule has 3 nitrogen and oxygen atoms in total. The van der Waals surface area contributed by atoms with Crippen LogP contribution in [0, 0.1) is 6.92 Å². The fraction of sp³-hybridized carbons (Fsp3) is 0.160. The van der Waals surface area contributed by atoms with Gasteiger partial charge in [-0.15, -0.1) is 0 Å². The molecule has 0 amide bonds. The van der Waals surface area contributed by atoms with Gasteiger partial charge in [0.05, 0.1) is 5.52 Å². The van der Waals surface area contributed by atoms with Crippen LogP contribution in [0.5, 0.6) is 0 Å². The summed E-state index contributed by atoms with van der Waals surface area (Å²) in [5, 5.41) is 1.45. The molecule has 4 heteroatoms. The fourth-order valence-corrected chi connectivity index (χ4v) is 4.78. The van der Waals surface area contributed by atoms with Crippen LogP contribution < -0.4 is 0 Å². The first-order valence-corrected chi connectivity index (χ1v) is 10.9. The number of nitrogens with zero attached hydrogens (tertiary/aromatic N) is 1. The van der Waals surface area contributed by atoms with Gasteiger partial charge in [-0.25, -0.2) is 4.21 Å². The molecule has 4 rings (SSSR count). The van der Waals surface area contributed by atoms with Crippen LogP contribution in [0.4, 0.5) is 0 Å². The highest BCUT2D eigenvalue weighted by atomic mass is 32.2.